The molecule has 2 aliphatic carbocycles. The largest absolute Gasteiger partial charge is 0.340 e. The highest BCUT2D eigenvalue weighted by atomic mass is 16.2. The van der Waals surface area contributed by atoms with Crippen LogP contribution in [0.5, 0.6) is 0 Å². The third-order valence-electron chi connectivity index (χ3n) is 8.01. The predicted molar refractivity (Wildman–Crippen MR) is 127 cm³/mol. The zero-order chi connectivity index (χ0) is 22.0. The maximum Gasteiger partial charge on any atom is 0.249 e. The Labute approximate surface area is 191 Å². The van der Waals surface area contributed by atoms with Crippen molar-refractivity contribution in [3.8, 4) is 0 Å². The second kappa shape index (κ2) is 9.22. The number of hydrogen-bond donors (Lipinski definition) is 0. The summed E-state index contributed by atoms with van der Waals surface area (Å²) in [6, 6.07) is 10.4. The number of carbonyl (C=O) groups excluding carboxylic acids is 2. The first-order chi connectivity index (χ1) is 15.6. The fourth-order valence-electron chi connectivity index (χ4n) is 5.75. The van der Waals surface area contributed by atoms with E-state index in [0.29, 0.717) is 5.91 Å². The van der Waals surface area contributed by atoms with E-state index in [0.717, 1.165) is 89.9 Å². The van der Waals surface area contributed by atoms with E-state index in [1.807, 2.05) is 11.0 Å². The van der Waals surface area contributed by atoms with Gasteiger partial charge in [0.2, 0.25) is 11.8 Å². The van der Waals surface area contributed by atoms with Gasteiger partial charge in [-0.05, 0) is 49.5 Å². The smallest absolute Gasteiger partial charge is 0.249 e. The van der Waals surface area contributed by atoms with E-state index in [4.69, 9.17) is 0 Å². The third-order valence-corrected chi connectivity index (χ3v) is 8.01. The molecule has 1 saturated carbocycles. The SMILES string of the molecule is O=C(C1=CCCC1)N1CCC2(CC1)CC2C(=O)N1CCN(C/C=C/c2ccccc2)CC1. The highest BCUT2D eigenvalue weighted by Gasteiger charge is 2.59. The Morgan fingerprint density at radius 1 is 0.969 bits per heavy atom. The minimum absolute atomic E-state index is 0.174. The summed E-state index contributed by atoms with van der Waals surface area (Å²) in [5.74, 6) is 0.802. The van der Waals surface area contributed by atoms with Gasteiger partial charge >= 0.3 is 0 Å². The number of allylic oxidation sites excluding steroid dienone is 1. The molecule has 2 heterocycles. The minimum atomic E-state index is 0.174. The van der Waals surface area contributed by atoms with Gasteiger partial charge < -0.3 is 9.80 Å². The first-order valence-corrected chi connectivity index (χ1v) is 12.4. The topological polar surface area (TPSA) is 43.9 Å². The molecule has 0 bridgehead atoms. The fourth-order valence-corrected chi connectivity index (χ4v) is 5.75. The normalized spacial score (nSPS) is 25.4. The van der Waals surface area contributed by atoms with Gasteiger partial charge in [-0.1, -0.05) is 48.6 Å². The van der Waals surface area contributed by atoms with Crippen molar-refractivity contribution in [1.82, 2.24) is 14.7 Å². The van der Waals surface area contributed by atoms with Gasteiger partial charge in [0.05, 0.1) is 0 Å². The van der Waals surface area contributed by atoms with Crippen molar-refractivity contribution in [2.45, 2.75) is 38.5 Å². The van der Waals surface area contributed by atoms with Crippen LogP contribution in [0, 0.1) is 11.3 Å². The maximum atomic E-state index is 13.2. The van der Waals surface area contributed by atoms with Gasteiger partial charge in [0.15, 0.2) is 0 Å². The molecular weight excluding hydrogens is 398 g/mol. The zero-order valence-corrected chi connectivity index (χ0v) is 19.0. The number of amides is 2. The van der Waals surface area contributed by atoms with Gasteiger partial charge in [0.1, 0.15) is 0 Å². The maximum absolute atomic E-state index is 13.2. The Kier molecular flexibility index (Phi) is 6.18. The Bertz CT molecular complexity index is 891. The molecule has 170 valence electrons. The van der Waals surface area contributed by atoms with Crippen LogP contribution in [0.3, 0.4) is 0 Å². The number of carbonyl (C=O) groups is 2. The van der Waals surface area contributed by atoms with Crippen LogP contribution >= 0.6 is 0 Å². The fraction of sp³-hybridized carbons (Fsp3) is 0.556. The lowest BCUT2D eigenvalue weighted by Crippen LogP contribution is -2.49. The molecule has 3 fully saturated rings. The minimum Gasteiger partial charge on any atom is -0.340 e. The van der Waals surface area contributed by atoms with Crippen LogP contribution in [-0.4, -0.2) is 72.3 Å². The molecule has 1 unspecified atom stereocenters. The summed E-state index contributed by atoms with van der Waals surface area (Å²) < 4.78 is 0. The Hall–Kier alpha value is -2.40. The highest BCUT2D eigenvalue weighted by molar-refractivity contribution is 5.94. The lowest BCUT2D eigenvalue weighted by molar-refractivity contribution is -0.135. The van der Waals surface area contributed by atoms with Gasteiger partial charge in [0, 0.05) is 57.3 Å². The Morgan fingerprint density at radius 2 is 1.72 bits per heavy atom. The van der Waals surface area contributed by atoms with Crippen LogP contribution in [0.2, 0.25) is 0 Å². The van der Waals surface area contributed by atoms with Crippen molar-refractivity contribution in [2.75, 3.05) is 45.8 Å². The van der Waals surface area contributed by atoms with Gasteiger partial charge in [-0.3, -0.25) is 14.5 Å². The summed E-state index contributed by atoms with van der Waals surface area (Å²) >= 11 is 0. The van der Waals surface area contributed by atoms with Crippen molar-refractivity contribution in [1.29, 1.82) is 0 Å². The van der Waals surface area contributed by atoms with E-state index in [9.17, 15) is 9.59 Å². The number of likely N-dealkylation sites (tertiary alicyclic amines) is 1. The summed E-state index contributed by atoms with van der Waals surface area (Å²) in [6.07, 6.45) is 12.6. The van der Waals surface area contributed by atoms with Gasteiger partial charge in [0.25, 0.3) is 0 Å². The zero-order valence-electron chi connectivity index (χ0n) is 19.0. The number of nitrogens with zero attached hydrogens (tertiary/aromatic N) is 3. The quantitative estimate of drug-likeness (QED) is 0.713. The Morgan fingerprint density at radius 3 is 2.41 bits per heavy atom. The van der Waals surface area contributed by atoms with Crippen molar-refractivity contribution < 1.29 is 9.59 Å². The molecule has 5 rings (SSSR count). The summed E-state index contributed by atoms with van der Waals surface area (Å²) in [5, 5.41) is 0. The first kappa shape index (κ1) is 21.4. The molecular formula is C27H35N3O2. The van der Waals surface area contributed by atoms with Crippen LogP contribution in [0.4, 0.5) is 0 Å². The number of piperazine rings is 1. The third kappa shape index (κ3) is 4.54. The first-order valence-electron chi connectivity index (χ1n) is 12.4. The molecule has 1 spiro atoms. The molecule has 5 nitrogen and oxygen atoms in total. The molecule has 5 heteroatoms. The average Bonchev–Trinajstić information content (AvgIpc) is 3.26. The van der Waals surface area contributed by atoms with Crippen LogP contribution in [-0.2, 0) is 9.59 Å². The molecule has 2 saturated heterocycles. The van der Waals surface area contributed by atoms with E-state index >= 15 is 0 Å². The second-order valence-corrected chi connectivity index (χ2v) is 9.97. The molecule has 2 aliphatic heterocycles. The van der Waals surface area contributed by atoms with Crippen molar-refractivity contribution in [3.63, 3.8) is 0 Å². The number of piperidine rings is 1. The summed E-state index contributed by atoms with van der Waals surface area (Å²) in [4.78, 5) is 32.4. The van der Waals surface area contributed by atoms with E-state index < -0.39 is 0 Å². The molecule has 0 radical (unpaired) electrons. The standard InChI is InChI=1S/C27H35N3O2/c31-25(23-10-4-5-11-23)29-15-12-27(13-16-29)21-24(27)26(32)30-19-17-28(18-20-30)14-6-9-22-7-2-1-3-8-22/h1-3,6-10,24H,4-5,11-21H2/b9-6+. The van der Waals surface area contributed by atoms with Crippen molar-refractivity contribution >= 4 is 17.9 Å². The molecule has 2 amide bonds. The second-order valence-electron chi connectivity index (χ2n) is 9.97. The van der Waals surface area contributed by atoms with Gasteiger partial charge in [-0.2, -0.15) is 0 Å². The molecule has 32 heavy (non-hydrogen) atoms. The predicted octanol–water partition coefficient (Wildman–Crippen LogP) is 3.58. The molecule has 0 N–H and O–H groups in total. The highest BCUT2D eigenvalue weighted by Crippen LogP contribution is 2.60. The lowest BCUT2D eigenvalue weighted by atomic mass is 9.90. The molecule has 1 aromatic rings. The number of hydrogen-bond acceptors (Lipinski definition) is 3. The van der Waals surface area contributed by atoms with Crippen molar-refractivity contribution in [2.24, 2.45) is 11.3 Å². The number of benzene rings is 1. The van der Waals surface area contributed by atoms with E-state index in [1.165, 1.54) is 5.56 Å². The van der Waals surface area contributed by atoms with E-state index in [2.05, 4.69) is 52.3 Å². The van der Waals surface area contributed by atoms with Crippen molar-refractivity contribution in [3.05, 3.63) is 53.6 Å². The van der Waals surface area contributed by atoms with Crippen LogP contribution in [0.15, 0.2) is 48.1 Å². The van der Waals surface area contributed by atoms with Crippen LogP contribution in [0.25, 0.3) is 6.08 Å². The molecule has 0 aromatic heterocycles. The van der Waals surface area contributed by atoms with E-state index in [-0.39, 0.29) is 17.2 Å². The van der Waals surface area contributed by atoms with Crippen LogP contribution < -0.4 is 0 Å². The summed E-state index contributed by atoms with van der Waals surface area (Å²) in [5.41, 5.74) is 2.42. The average molecular weight is 434 g/mol. The van der Waals surface area contributed by atoms with Gasteiger partial charge in [-0.15, -0.1) is 0 Å². The molecule has 1 aromatic carbocycles. The molecule has 1 atom stereocenters. The molecule has 4 aliphatic rings. The van der Waals surface area contributed by atoms with E-state index in [1.54, 1.807) is 0 Å². The van der Waals surface area contributed by atoms with Gasteiger partial charge in [-0.25, -0.2) is 0 Å². The monoisotopic (exact) mass is 433 g/mol. The lowest BCUT2D eigenvalue weighted by Gasteiger charge is -2.36. The Balaban J connectivity index is 1.05. The summed E-state index contributed by atoms with van der Waals surface area (Å²) in [7, 11) is 0. The summed E-state index contributed by atoms with van der Waals surface area (Å²) in [6.45, 7) is 6.14. The van der Waals surface area contributed by atoms with Crippen LogP contribution in [0.1, 0.15) is 44.1 Å². The number of rotatable bonds is 5.